The first kappa shape index (κ1) is 14.1. The number of nitrogens with zero attached hydrogens (tertiary/aromatic N) is 1. The molecule has 1 N–H and O–H groups in total. The molecule has 104 valence electrons. The average Bonchev–Trinajstić information content (AvgIpc) is 3.27. The number of benzene rings is 1. The summed E-state index contributed by atoms with van der Waals surface area (Å²) in [5.41, 5.74) is 0.868. The van der Waals surface area contributed by atoms with E-state index in [2.05, 4.69) is 5.32 Å². The minimum Gasteiger partial charge on any atom is -0.493 e. The van der Waals surface area contributed by atoms with Gasteiger partial charge in [0.15, 0.2) is 0 Å². The van der Waals surface area contributed by atoms with E-state index < -0.39 is 0 Å². The molecule has 1 amide bonds. The highest BCUT2D eigenvalue weighted by Crippen LogP contribution is 2.22. The standard InChI is InChI=1S/C16H18N2O2/c1-2-9-20-15-6-4-3-5-12(15)10-13(11-17)16(19)18-14-7-8-14/h3-6,10,14H,2,7-9H2,1H3,(H,18,19)/b13-10+. The molecule has 0 unspecified atom stereocenters. The van der Waals surface area contributed by atoms with Gasteiger partial charge in [-0.1, -0.05) is 25.1 Å². The smallest absolute Gasteiger partial charge is 0.262 e. The first-order valence-electron chi connectivity index (χ1n) is 6.89. The first-order valence-corrected chi connectivity index (χ1v) is 6.89. The second kappa shape index (κ2) is 6.76. The molecule has 1 aliphatic carbocycles. The van der Waals surface area contributed by atoms with Crippen LogP contribution in [0.1, 0.15) is 31.7 Å². The lowest BCUT2D eigenvalue weighted by atomic mass is 10.1. The normalized spacial score (nSPS) is 14.5. The predicted molar refractivity (Wildman–Crippen MR) is 77.0 cm³/mol. The van der Waals surface area contributed by atoms with E-state index in [1.165, 1.54) is 0 Å². The van der Waals surface area contributed by atoms with Crippen molar-refractivity contribution in [1.82, 2.24) is 5.32 Å². The Morgan fingerprint density at radius 2 is 2.25 bits per heavy atom. The fraction of sp³-hybridized carbons (Fsp3) is 0.375. The van der Waals surface area contributed by atoms with Crippen LogP contribution in [0, 0.1) is 11.3 Å². The Morgan fingerprint density at radius 3 is 2.90 bits per heavy atom. The monoisotopic (exact) mass is 270 g/mol. The number of para-hydroxylation sites is 1. The molecule has 4 heteroatoms. The van der Waals surface area contributed by atoms with Gasteiger partial charge >= 0.3 is 0 Å². The molecule has 0 spiro atoms. The zero-order valence-corrected chi connectivity index (χ0v) is 11.6. The van der Waals surface area contributed by atoms with Crippen molar-refractivity contribution in [3.8, 4) is 11.8 Å². The van der Waals surface area contributed by atoms with Crippen LogP contribution in [0.4, 0.5) is 0 Å². The Hall–Kier alpha value is -2.28. The Bertz CT molecular complexity index is 554. The summed E-state index contributed by atoms with van der Waals surface area (Å²) in [6, 6.07) is 9.62. The van der Waals surface area contributed by atoms with Gasteiger partial charge in [0, 0.05) is 11.6 Å². The van der Waals surface area contributed by atoms with Crippen LogP contribution in [0.15, 0.2) is 29.8 Å². The SMILES string of the molecule is CCCOc1ccccc1/C=C(\C#N)C(=O)NC1CC1. The number of ether oxygens (including phenoxy) is 1. The third kappa shape index (κ3) is 3.86. The van der Waals surface area contributed by atoms with Crippen molar-refractivity contribution >= 4 is 12.0 Å². The maximum absolute atomic E-state index is 11.9. The van der Waals surface area contributed by atoms with Crippen molar-refractivity contribution in [1.29, 1.82) is 5.26 Å². The Labute approximate surface area is 119 Å². The molecule has 0 bridgehead atoms. The van der Waals surface area contributed by atoms with E-state index in [4.69, 9.17) is 10.00 Å². The molecular weight excluding hydrogens is 252 g/mol. The Balaban J connectivity index is 2.17. The summed E-state index contributed by atoms with van der Waals surface area (Å²) in [5.74, 6) is 0.390. The second-order valence-electron chi connectivity index (χ2n) is 4.80. The van der Waals surface area contributed by atoms with Crippen molar-refractivity contribution in [2.75, 3.05) is 6.61 Å². The third-order valence-electron chi connectivity index (χ3n) is 2.96. The summed E-state index contributed by atoms with van der Waals surface area (Å²) in [5, 5.41) is 12.0. The van der Waals surface area contributed by atoms with Gasteiger partial charge in [-0.3, -0.25) is 4.79 Å². The quantitative estimate of drug-likeness (QED) is 0.638. The molecular formula is C16H18N2O2. The molecule has 0 aromatic heterocycles. The van der Waals surface area contributed by atoms with Crippen LogP contribution in [0.5, 0.6) is 5.75 Å². The van der Waals surface area contributed by atoms with E-state index >= 15 is 0 Å². The highest BCUT2D eigenvalue weighted by Gasteiger charge is 2.24. The number of amides is 1. The lowest BCUT2D eigenvalue weighted by Gasteiger charge is -2.08. The highest BCUT2D eigenvalue weighted by atomic mass is 16.5. The molecule has 1 fully saturated rings. The molecule has 0 aliphatic heterocycles. The number of carbonyl (C=O) groups is 1. The lowest BCUT2D eigenvalue weighted by molar-refractivity contribution is -0.117. The van der Waals surface area contributed by atoms with Gasteiger partial charge in [-0.25, -0.2) is 0 Å². The number of rotatable bonds is 6. The number of hydrogen-bond acceptors (Lipinski definition) is 3. The van der Waals surface area contributed by atoms with Gasteiger partial charge in [0.2, 0.25) is 0 Å². The molecule has 0 saturated heterocycles. The Kier molecular flexibility index (Phi) is 4.78. The third-order valence-corrected chi connectivity index (χ3v) is 2.96. The largest absolute Gasteiger partial charge is 0.493 e. The van der Waals surface area contributed by atoms with E-state index in [1.54, 1.807) is 6.08 Å². The fourth-order valence-corrected chi connectivity index (χ4v) is 1.74. The molecule has 1 aliphatic rings. The summed E-state index contributed by atoms with van der Waals surface area (Å²) >= 11 is 0. The molecule has 0 heterocycles. The lowest BCUT2D eigenvalue weighted by Crippen LogP contribution is -2.26. The molecule has 1 saturated carbocycles. The zero-order valence-electron chi connectivity index (χ0n) is 11.6. The van der Waals surface area contributed by atoms with Crippen LogP contribution in [-0.4, -0.2) is 18.6 Å². The number of nitrogens with one attached hydrogen (secondary N) is 1. The summed E-state index contributed by atoms with van der Waals surface area (Å²) in [4.78, 5) is 11.9. The van der Waals surface area contributed by atoms with Crippen LogP contribution in [-0.2, 0) is 4.79 Å². The van der Waals surface area contributed by atoms with Crippen LogP contribution in [0.2, 0.25) is 0 Å². The van der Waals surface area contributed by atoms with Gasteiger partial charge in [0.05, 0.1) is 6.61 Å². The molecule has 2 rings (SSSR count). The van der Waals surface area contributed by atoms with Crippen LogP contribution >= 0.6 is 0 Å². The van der Waals surface area contributed by atoms with Crippen LogP contribution in [0.3, 0.4) is 0 Å². The number of hydrogen-bond donors (Lipinski definition) is 1. The van der Waals surface area contributed by atoms with E-state index in [1.807, 2.05) is 37.3 Å². The zero-order chi connectivity index (χ0) is 14.4. The van der Waals surface area contributed by atoms with Gasteiger partial charge in [0.1, 0.15) is 17.4 Å². The fourth-order valence-electron chi connectivity index (χ4n) is 1.74. The topological polar surface area (TPSA) is 62.1 Å². The van der Waals surface area contributed by atoms with Crippen LogP contribution < -0.4 is 10.1 Å². The van der Waals surface area contributed by atoms with E-state index in [0.717, 1.165) is 24.8 Å². The molecule has 4 nitrogen and oxygen atoms in total. The van der Waals surface area contributed by atoms with Crippen molar-refractivity contribution in [3.63, 3.8) is 0 Å². The van der Waals surface area contributed by atoms with Gasteiger partial charge < -0.3 is 10.1 Å². The molecule has 1 aromatic rings. The number of nitriles is 1. The van der Waals surface area contributed by atoms with Crippen molar-refractivity contribution in [2.45, 2.75) is 32.2 Å². The van der Waals surface area contributed by atoms with Gasteiger partial charge in [-0.15, -0.1) is 0 Å². The Morgan fingerprint density at radius 1 is 1.50 bits per heavy atom. The highest BCUT2D eigenvalue weighted by molar-refractivity contribution is 6.02. The minimum atomic E-state index is -0.305. The van der Waals surface area contributed by atoms with E-state index in [0.29, 0.717) is 12.4 Å². The summed E-state index contributed by atoms with van der Waals surface area (Å²) in [6.45, 7) is 2.64. The maximum Gasteiger partial charge on any atom is 0.262 e. The predicted octanol–water partition coefficient (Wildman–Crippen LogP) is 2.66. The molecule has 0 radical (unpaired) electrons. The summed E-state index contributed by atoms with van der Waals surface area (Å²) in [7, 11) is 0. The molecule has 1 aromatic carbocycles. The number of carbonyl (C=O) groups excluding carboxylic acids is 1. The van der Waals surface area contributed by atoms with Gasteiger partial charge in [-0.2, -0.15) is 5.26 Å². The maximum atomic E-state index is 11.9. The summed E-state index contributed by atoms with van der Waals surface area (Å²) in [6.07, 6.45) is 4.50. The van der Waals surface area contributed by atoms with E-state index in [-0.39, 0.29) is 17.5 Å². The van der Waals surface area contributed by atoms with Gasteiger partial charge in [-0.05, 0) is 31.4 Å². The average molecular weight is 270 g/mol. The van der Waals surface area contributed by atoms with Gasteiger partial charge in [0.25, 0.3) is 5.91 Å². The molecule has 0 atom stereocenters. The van der Waals surface area contributed by atoms with E-state index in [9.17, 15) is 4.79 Å². The molecule has 20 heavy (non-hydrogen) atoms. The van der Waals surface area contributed by atoms with Crippen molar-refractivity contribution in [2.24, 2.45) is 0 Å². The minimum absolute atomic E-state index is 0.115. The first-order chi connectivity index (χ1) is 9.74. The van der Waals surface area contributed by atoms with Crippen molar-refractivity contribution < 1.29 is 9.53 Å². The van der Waals surface area contributed by atoms with Crippen molar-refractivity contribution in [3.05, 3.63) is 35.4 Å². The second-order valence-corrected chi connectivity index (χ2v) is 4.80. The summed E-state index contributed by atoms with van der Waals surface area (Å²) < 4.78 is 5.62. The van der Waals surface area contributed by atoms with Crippen LogP contribution in [0.25, 0.3) is 6.08 Å².